The summed E-state index contributed by atoms with van der Waals surface area (Å²) in [4.78, 5) is 0. The Bertz CT molecular complexity index is 430. The van der Waals surface area contributed by atoms with Crippen LogP contribution < -0.4 is 0 Å². The van der Waals surface area contributed by atoms with Crippen LogP contribution >= 0.6 is 0 Å². The largest absolute Gasteiger partial charge is 0.508 e. The van der Waals surface area contributed by atoms with Gasteiger partial charge in [0.25, 0.3) is 0 Å². The van der Waals surface area contributed by atoms with Gasteiger partial charge in [0, 0.05) is 5.56 Å². The molecular formula is C18H30O2. The summed E-state index contributed by atoms with van der Waals surface area (Å²) in [6.07, 6.45) is 4.02. The Hall–Kier alpha value is -1.18. The maximum absolute atomic E-state index is 10.0. The molecule has 2 heteroatoms. The predicted molar refractivity (Wildman–Crippen MR) is 85.5 cm³/mol. The van der Waals surface area contributed by atoms with Gasteiger partial charge in [-0.05, 0) is 47.8 Å². The van der Waals surface area contributed by atoms with Crippen molar-refractivity contribution in [3.8, 4) is 11.5 Å². The summed E-state index contributed by atoms with van der Waals surface area (Å²) in [5.41, 5.74) is 1.97. The van der Waals surface area contributed by atoms with Crippen LogP contribution in [0.1, 0.15) is 71.9 Å². The zero-order chi connectivity index (χ0) is 15.6. The van der Waals surface area contributed by atoms with E-state index in [9.17, 15) is 10.2 Å². The quantitative estimate of drug-likeness (QED) is 0.781. The van der Waals surface area contributed by atoms with Crippen molar-refractivity contribution in [2.24, 2.45) is 5.41 Å². The smallest absolute Gasteiger partial charge is 0.122 e. The molecule has 1 aromatic carbocycles. The first-order valence-electron chi connectivity index (χ1n) is 7.62. The molecule has 0 bridgehead atoms. The number of benzene rings is 1. The molecule has 1 rings (SSSR count). The standard InChI is InChI=1S/C18H30O2/c1-7-14-15(19)11-13(12-16(14)20)18(5,6)10-8-9-17(2,3)4/h11-12,19-20H,7-10H2,1-6H3. The van der Waals surface area contributed by atoms with E-state index in [1.54, 1.807) is 0 Å². The predicted octanol–water partition coefficient (Wildman–Crippen LogP) is 5.15. The maximum Gasteiger partial charge on any atom is 0.122 e. The molecule has 0 aliphatic heterocycles. The van der Waals surface area contributed by atoms with Crippen molar-refractivity contribution in [2.45, 2.75) is 72.6 Å². The van der Waals surface area contributed by atoms with Crippen LogP contribution in [0.4, 0.5) is 0 Å². The van der Waals surface area contributed by atoms with Crippen molar-refractivity contribution in [3.05, 3.63) is 23.3 Å². The molecule has 20 heavy (non-hydrogen) atoms. The fraction of sp³-hybridized carbons (Fsp3) is 0.667. The fourth-order valence-corrected chi connectivity index (χ4v) is 2.60. The van der Waals surface area contributed by atoms with Crippen LogP contribution in [0.15, 0.2) is 12.1 Å². The van der Waals surface area contributed by atoms with Crippen LogP contribution in [0.5, 0.6) is 11.5 Å². The normalized spacial score (nSPS) is 12.7. The van der Waals surface area contributed by atoms with Crippen LogP contribution in [-0.4, -0.2) is 10.2 Å². The van der Waals surface area contributed by atoms with Gasteiger partial charge in [-0.3, -0.25) is 0 Å². The Morgan fingerprint density at radius 1 is 0.900 bits per heavy atom. The van der Waals surface area contributed by atoms with Gasteiger partial charge in [-0.15, -0.1) is 0 Å². The summed E-state index contributed by atoms with van der Waals surface area (Å²) in [5.74, 6) is 0.429. The molecule has 1 aromatic rings. The van der Waals surface area contributed by atoms with Crippen molar-refractivity contribution in [1.29, 1.82) is 0 Å². The van der Waals surface area contributed by atoms with Crippen LogP contribution in [0.3, 0.4) is 0 Å². The Labute approximate surface area is 123 Å². The van der Waals surface area contributed by atoms with Gasteiger partial charge < -0.3 is 10.2 Å². The Balaban J connectivity index is 2.87. The summed E-state index contributed by atoms with van der Waals surface area (Å²) in [6, 6.07) is 3.63. The highest BCUT2D eigenvalue weighted by Gasteiger charge is 2.24. The van der Waals surface area contributed by atoms with Crippen LogP contribution in [0, 0.1) is 5.41 Å². The van der Waals surface area contributed by atoms with Crippen molar-refractivity contribution in [2.75, 3.05) is 0 Å². The van der Waals surface area contributed by atoms with Gasteiger partial charge in [0.2, 0.25) is 0 Å². The SMILES string of the molecule is CCc1c(O)cc(C(C)(C)CCCC(C)(C)C)cc1O. The van der Waals surface area contributed by atoms with E-state index >= 15 is 0 Å². The van der Waals surface area contributed by atoms with E-state index < -0.39 is 0 Å². The van der Waals surface area contributed by atoms with E-state index in [-0.39, 0.29) is 16.9 Å². The Morgan fingerprint density at radius 2 is 1.40 bits per heavy atom. The number of phenolic OH excluding ortho intramolecular Hbond substituents is 2. The van der Waals surface area contributed by atoms with E-state index in [1.165, 1.54) is 6.42 Å². The lowest BCUT2D eigenvalue weighted by Gasteiger charge is -2.28. The minimum Gasteiger partial charge on any atom is -0.508 e. The lowest BCUT2D eigenvalue weighted by atomic mass is 9.77. The summed E-state index contributed by atoms with van der Waals surface area (Å²) in [5, 5.41) is 20.1. The molecule has 0 aliphatic rings. The molecular weight excluding hydrogens is 248 g/mol. The second-order valence-corrected chi connectivity index (χ2v) is 7.64. The first-order valence-corrected chi connectivity index (χ1v) is 7.62. The molecule has 0 spiro atoms. The highest BCUT2D eigenvalue weighted by molar-refractivity contribution is 5.48. The molecule has 114 valence electrons. The van der Waals surface area contributed by atoms with Gasteiger partial charge >= 0.3 is 0 Å². The summed E-state index contributed by atoms with van der Waals surface area (Å²) < 4.78 is 0. The highest BCUT2D eigenvalue weighted by atomic mass is 16.3. The first kappa shape index (κ1) is 16.9. The van der Waals surface area contributed by atoms with Crippen LogP contribution in [-0.2, 0) is 11.8 Å². The number of hydrogen-bond donors (Lipinski definition) is 2. The summed E-state index contributed by atoms with van der Waals surface area (Å²) in [7, 11) is 0. The molecule has 0 heterocycles. The van der Waals surface area contributed by atoms with E-state index in [0.717, 1.165) is 18.4 Å². The third-order valence-electron chi connectivity index (χ3n) is 4.07. The average Bonchev–Trinajstić information content (AvgIpc) is 2.26. The Kier molecular flexibility index (Phi) is 5.12. The number of phenols is 2. The van der Waals surface area contributed by atoms with Gasteiger partial charge in [-0.2, -0.15) is 0 Å². The average molecular weight is 278 g/mol. The number of aromatic hydroxyl groups is 2. The third kappa shape index (κ3) is 4.43. The molecule has 0 saturated carbocycles. The minimum atomic E-state index is -0.0352. The minimum absolute atomic E-state index is 0.0352. The van der Waals surface area contributed by atoms with Crippen LogP contribution in [0.2, 0.25) is 0 Å². The van der Waals surface area contributed by atoms with Gasteiger partial charge in [0.15, 0.2) is 0 Å². The summed E-state index contributed by atoms with van der Waals surface area (Å²) in [6.45, 7) is 13.1. The van der Waals surface area contributed by atoms with Crippen molar-refractivity contribution < 1.29 is 10.2 Å². The molecule has 2 N–H and O–H groups in total. The van der Waals surface area contributed by atoms with Crippen molar-refractivity contribution in [1.82, 2.24) is 0 Å². The number of hydrogen-bond acceptors (Lipinski definition) is 2. The van der Waals surface area contributed by atoms with E-state index in [4.69, 9.17) is 0 Å². The first-order chi connectivity index (χ1) is 9.07. The molecule has 0 saturated heterocycles. The number of rotatable bonds is 5. The molecule has 0 aromatic heterocycles. The molecule has 2 nitrogen and oxygen atoms in total. The second-order valence-electron chi connectivity index (χ2n) is 7.64. The van der Waals surface area contributed by atoms with Gasteiger partial charge in [0.05, 0.1) is 0 Å². The highest BCUT2D eigenvalue weighted by Crippen LogP contribution is 2.38. The van der Waals surface area contributed by atoms with Crippen molar-refractivity contribution in [3.63, 3.8) is 0 Å². The topological polar surface area (TPSA) is 40.5 Å². The zero-order valence-electron chi connectivity index (χ0n) is 13.9. The molecule has 0 unspecified atom stereocenters. The van der Waals surface area contributed by atoms with E-state index in [1.807, 2.05) is 19.1 Å². The zero-order valence-corrected chi connectivity index (χ0v) is 13.9. The molecule has 0 aliphatic carbocycles. The monoisotopic (exact) mass is 278 g/mol. The maximum atomic E-state index is 10.0. The van der Waals surface area contributed by atoms with E-state index in [2.05, 4.69) is 34.6 Å². The lowest BCUT2D eigenvalue weighted by molar-refractivity contribution is 0.332. The lowest BCUT2D eigenvalue weighted by Crippen LogP contribution is -2.18. The summed E-state index contributed by atoms with van der Waals surface area (Å²) >= 11 is 0. The van der Waals surface area contributed by atoms with Crippen molar-refractivity contribution >= 4 is 0 Å². The van der Waals surface area contributed by atoms with Crippen LogP contribution in [0.25, 0.3) is 0 Å². The molecule has 0 atom stereocenters. The molecule has 0 radical (unpaired) electrons. The Morgan fingerprint density at radius 3 is 1.80 bits per heavy atom. The van der Waals surface area contributed by atoms with Gasteiger partial charge in [0.1, 0.15) is 11.5 Å². The van der Waals surface area contributed by atoms with E-state index in [0.29, 0.717) is 17.4 Å². The molecule has 0 fully saturated rings. The third-order valence-corrected chi connectivity index (χ3v) is 4.07. The van der Waals surface area contributed by atoms with Gasteiger partial charge in [-0.25, -0.2) is 0 Å². The van der Waals surface area contributed by atoms with Gasteiger partial charge in [-0.1, -0.05) is 48.0 Å². The fourth-order valence-electron chi connectivity index (χ4n) is 2.60. The molecule has 0 amide bonds. The second kappa shape index (κ2) is 6.07.